The van der Waals surface area contributed by atoms with Crippen LogP contribution in [0, 0.1) is 11.3 Å². The van der Waals surface area contributed by atoms with Crippen molar-refractivity contribution in [1.29, 1.82) is 5.26 Å². The van der Waals surface area contributed by atoms with Crippen molar-refractivity contribution in [1.82, 2.24) is 14.8 Å². The Morgan fingerprint density at radius 1 is 1.31 bits per heavy atom. The molecule has 2 heterocycles. The summed E-state index contributed by atoms with van der Waals surface area (Å²) in [6.07, 6.45) is 2.78. The van der Waals surface area contributed by atoms with Crippen LogP contribution >= 0.6 is 0 Å². The molecule has 6 nitrogen and oxygen atoms in total. The molecule has 0 saturated heterocycles. The molecule has 1 atom stereocenters. The predicted octanol–water partition coefficient (Wildman–Crippen LogP) is 4.27. The average Bonchev–Trinajstić information content (AvgIpc) is 3.28. The predicted molar refractivity (Wildman–Crippen MR) is 111 cm³/mol. The van der Waals surface area contributed by atoms with Crippen molar-refractivity contribution >= 4 is 11.6 Å². The van der Waals surface area contributed by atoms with Crippen LogP contribution in [0.1, 0.15) is 30.8 Å². The van der Waals surface area contributed by atoms with E-state index in [0.29, 0.717) is 23.8 Å². The van der Waals surface area contributed by atoms with Gasteiger partial charge in [0.1, 0.15) is 23.7 Å². The van der Waals surface area contributed by atoms with Crippen LogP contribution < -0.4 is 9.47 Å². The molecular formula is C23H22N4O2. The summed E-state index contributed by atoms with van der Waals surface area (Å²) in [6.45, 7) is 4.53. The minimum Gasteiger partial charge on any atom is -0.493 e. The van der Waals surface area contributed by atoms with E-state index in [1.165, 1.54) is 0 Å². The molecule has 1 aliphatic heterocycles. The second kappa shape index (κ2) is 7.80. The minimum absolute atomic E-state index is 0.140. The van der Waals surface area contributed by atoms with E-state index in [0.717, 1.165) is 34.6 Å². The molecule has 1 aromatic heterocycles. The van der Waals surface area contributed by atoms with Crippen molar-refractivity contribution in [2.24, 2.45) is 7.05 Å². The van der Waals surface area contributed by atoms with Gasteiger partial charge in [-0.2, -0.15) is 5.26 Å². The van der Waals surface area contributed by atoms with E-state index >= 15 is 0 Å². The van der Waals surface area contributed by atoms with Crippen LogP contribution in [0.25, 0.3) is 23.0 Å². The third kappa shape index (κ3) is 3.59. The minimum atomic E-state index is 0.140. The molecule has 0 fully saturated rings. The van der Waals surface area contributed by atoms with Crippen molar-refractivity contribution in [3.05, 3.63) is 59.4 Å². The summed E-state index contributed by atoms with van der Waals surface area (Å²) < 4.78 is 13.5. The van der Waals surface area contributed by atoms with Gasteiger partial charge in [-0.15, -0.1) is 10.2 Å². The van der Waals surface area contributed by atoms with Gasteiger partial charge < -0.3 is 14.0 Å². The zero-order valence-corrected chi connectivity index (χ0v) is 16.7. The zero-order chi connectivity index (χ0) is 20.4. The largest absolute Gasteiger partial charge is 0.493 e. The highest BCUT2D eigenvalue weighted by molar-refractivity contribution is 5.89. The Kier molecular flexibility index (Phi) is 5.05. The molecule has 2 aromatic carbocycles. The number of nitriles is 1. The van der Waals surface area contributed by atoms with Gasteiger partial charge in [0, 0.05) is 30.2 Å². The Hall–Kier alpha value is -3.59. The Bertz CT molecular complexity index is 1110. The Balaban J connectivity index is 1.77. The zero-order valence-electron chi connectivity index (χ0n) is 16.7. The van der Waals surface area contributed by atoms with Crippen LogP contribution in [0.2, 0.25) is 0 Å². The first-order valence-electron chi connectivity index (χ1n) is 9.64. The SMILES string of the molecule is CCOc1cc2c(cc1/C=C(/C#N)c1nnc(-c3ccccc3)n1C)OC(C)C2. The summed E-state index contributed by atoms with van der Waals surface area (Å²) in [6, 6.07) is 16.0. The lowest BCUT2D eigenvalue weighted by Gasteiger charge is -2.10. The van der Waals surface area contributed by atoms with Crippen molar-refractivity contribution in [3.8, 4) is 29.0 Å². The van der Waals surface area contributed by atoms with Crippen LogP contribution in [0.5, 0.6) is 11.5 Å². The maximum absolute atomic E-state index is 9.83. The first kappa shape index (κ1) is 18.8. The Labute approximate surface area is 170 Å². The maximum atomic E-state index is 9.83. The lowest BCUT2D eigenvalue weighted by Crippen LogP contribution is -2.05. The maximum Gasteiger partial charge on any atom is 0.174 e. The van der Waals surface area contributed by atoms with Gasteiger partial charge in [0.2, 0.25) is 0 Å². The van der Waals surface area contributed by atoms with Gasteiger partial charge in [0.25, 0.3) is 0 Å². The van der Waals surface area contributed by atoms with Gasteiger partial charge in [-0.3, -0.25) is 0 Å². The van der Waals surface area contributed by atoms with E-state index in [1.54, 1.807) is 6.08 Å². The van der Waals surface area contributed by atoms with E-state index < -0.39 is 0 Å². The van der Waals surface area contributed by atoms with Gasteiger partial charge in [-0.05, 0) is 32.1 Å². The highest BCUT2D eigenvalue weighted by Gasteiger charge is 2.22. The van der Waals surface area contributed by atoms with E-state index in [4.69, 9.17) is 9.47 Å². The highest BCUT2D eigenvalue weighted by atomic mass is 16.5. The molecule has 6 heteroatoms. The van der Waals surface area contributed by atoms with Crippen molar-refractivity contribution in [2.75, 3.05) is 6.61 Å². The van der Waals surface area contributed by atoms with E-state index in [9.17, 15) is 5.26 Å². The van der Waals surface area contributed by atoms with Crippen molar-refractivity contribution in [3.63, 3.8) is 0 Å². The lowest BCUT2D eigenvalue weighted by molar-refractivity contribution is 0.254. The molecule has 0 amide bonds. The molecule has 1 aliphatic rings. The molecule has 0 spiro atoms. The molecule has 29 heavy (non-hydrogen) atoms. The number of hydrogen-bond donors (Lipinski definition) is 0. The molecule has 1 unspecified atom stereocenters. The van der Waals surface area contributed by atoms with Crippen LogP contribution in [0.3, 0.4) is 0 Å². The quantitative estimate of drug-likeness (QED) is 0.612. The molecule has 4 rings (SSSR count). The van der Waals surface area contributed by atoms with Gasteiger partial charge in [-0.1, -0.05) is 30.3 Å². The lowest BCUT2D eigenvalue weighted by atomic mass is 10.0. The standard InChI is InChI=1S/C23H22N4O2/c1-4-28-20-12-17-10-15(2)29-21(17)13-18(20)11-19(14-24)23-26-25-22(27(23)3)16-8-6-5-7-9-16/h5-9,11-13,15H,4,10H2,1-3H3/b19-11-. The number of ether oxygens (including phenoxy) is 2. The second-order valence-electron chi connectivity index (χ2n) is 7.01. The fraction of sp³-hybridized carbons (Fsp3) is 0.261. The van der Waals surface area contributed by atoms with E-state index in [-0.39, 0.29) is 6.10 Å². The van der Waals surface area contributed by atoms with E-state index in [2.05, 4.69) is 16.3 Å². The number of rotatable bonds is 5. The van der Waals surface area contributed by atoms with Crippen LogP contribution in [0.4, 0.5) is 0 Å². The number of aromatic nitrogens is 3. The fourth-order valence-corrected chi connectivity index (χ4v) is 3.55. The third-order valence-electron chi connectivity index (χ3n) is 4.90. The first-order chi connectivity index (χ1) is 14.1. The third-order valence-corrected chi connectivity index (χ3v) is 4.90. The molecule has 0 saturated carbocycles. The van der Waals surface area contributed by atoms with Gasteiger partial charge in [0.05, 0.1) is 12.2 Å². The summed E-state index contributed by atoms with van der Waals surface area (Å²) in [4.78, 5) is 0. The molecule has 0 radical (unpaired) electrons. The number of fused-ring (bicyclic) bond motifs is 1. The monoisotopic (exact) mass is 386 g/mol. The highest BCUT2D eigenvalue weighted by Crippen LogP contribution is 2.36. The summed E-state index contributed by atoms with van der Waals surface area (Å²) in [5.74, 6) is 2.79. The summed E-state index contributed by atoms with van der Waals surface area (Å²) in [7, 11) is 1.86. The van der Waals surface area contributed by atoms with Gasteiger partial charge in [0.15, 0.2) is 11.6 Å². The van der Waals surface area contributed by atoms with Crippen molar-refractivity contribution in [2.45, 2.75) is 26.4 Å². The number of hydrogen-bond acceptors (Lipinski definition) is 5. The Morgan fingerprint density at radius 2 is 2.10 bits per heavy atom. The summed E-state index contributed by atoms with van der Waals surface area (Å²) in [5.41, 5.74) is 3.28. The van der Waals surface area contributed by atoms with Gasteiger partial charge >= 0.3 is 0 Å². The molecular weight excluding hydrogens is 364 g/mol. The first-order valence-corrected chi connectivity index (χ1v) is 9.64. The van der Waals surface area contributed by atoms with Crippen LogP contribution in [0.15, 0.2) is 42.5 Å². The van der Waals surface area contributed by atoms with E-state index in [1.807, 2.05) is 67.9 Å². The molecule has 0 aliphatic carbocycles. The van der Waals surface area contributed by atoms with Gasteiger partial charge in [-0.25, -0.2) is 0 Å². The average molecular weight is 386 g/mol. The number of allylic oxidation sites excluding steroid dienone is 1. The second-order valence-corrected chi connectivity index (χ2v) is 7.01. The fourth-order valence-electron chi connectivity index (χ4n) is 3.55. The Morgan fingerprint density at radius 3 is 2.83 bits per heavy atom. The number of benzene rings is 2. The van der Waals surface area contributed by atoms with Crippen LogP contribution in [-0.2, 0) is 13.5 Å². The molecule has 0 N–H and O–H groups in total. The van der Waals surface area contributed by atoms with Crippen LogP contribution in [-0.4, -0.2) is 27.5 Å². The molecule has 0 bridgehead atoms. The number of nitrogens with zero attached hydrogens (tertiary/aromatic N) is 4. The smallest absolute Gasteiger partial charge is 0.174 e. The molecule has 146 valence electrons. The topological polar surface area (TPSA) is 73.0 Å². The normalized spacial score (nSPS) is 15.5. The summed E-state index contributed by atoms with van der Waals surface area (Å²) >= 11 is 0. The van der Waals surface area contributed by atoms with Crippen molar-refractivity contribution < 1.29 is 9.47 Å². The summed E-state index contributed by atoms with van der Waals surface area (Å²) in [5, 5.41) is 18.4. The molecule has 3 aromatic rings.